The van der Waals surface area contributed by atoms with Gasteiger partial charge >= 0.3 is 6.09 Å². The van der Waals surface area contributed by atoms with Crippen LogP contribution in [-0.4, -0.2) is 36.8 Å². The molecule has 0 aliphatic heterocycles. The zero-order chi connectivity index (χ0) is 27.3. The van der Waals surface area contributed by atoms with Crippen LogP contribution in [0.3, 0.4) is 0 Å². The zero-order valence-electron chi connectivity index (χ0n) is 23.4. The van der Waals surface area contributed by atoms with Gasteiger partial charge in [0.25, 0.3) is 8.32 Å². The first-order valence-corrected chi connectivity index (χ1v) is 15.1. The standard InChI is InChI=1S/C31H43NO4Si/c1-24(28(27-21-15-23-35-27)32(7)29(33)36-30(2,3)4)16-14-22-31(5,6)37(34,25-17-10-8-11-18-25)26-19-12-9-13-20-26/h8-13,15,17-21,23-24,28,34H,14,16,22H2,1-7H3/t24?,28-/m0/s1. The Morgan fingerprint density at radius 3 is 1.95 bits per heavy atom. The summed E-state index contributed by atoms with van der Waals surface area (Å²) in [4.78, 5) is 27.0. The molecule has 0 saturated carbocycles. The van der Waals surface area contributed by atoms with Crippen molar-refractivity contribution in [2.24, 2.45) is 5.92 Å². The molecule has 3 aromatic rings. The summed E-state index contributed by atoms with van der Waals surface area (Å²) < 4.78 is 11.4. The van der Waals surface area contributed by atoms with E-state index in [9.17, 15) is 9.59 Å². The summed E-state index contributed by atoms with van der Waals surface area (Å²) in [6.07, 6.45) is 3.91. The predicted octanol–water partition coefficient (Wildman–Crippen LogP) is 6.53. The minimum absolute atomic E-state index is 0.127. The van der Waals surface area contributed by atoms with Gasteiger partial charge in [-0.15, -0.1) is 0 Å². The Kier molecular flexibility index (Phi) is 9.08. The molecule has 1 amide bonds. The second-order valence-electron chi connectivity index (χ2n) is 11.7. The maximum Gasteiger partial charge on any atom is 0.410 e. The molecule has 5 nitrogen and oxygen atoms in total. The lowest BCUT2D eigenvalue weighted by Crippen LogP contribution is -2.65. The summed E-state index contributed by atoms with van der Waals surface area (Å²) in [7, 11) is -1.28. The fourth-order valence-electron chi connectivity index (χ4n) is 5.27. The van der Waals surface area contributed by atoms with E-state index in [1.807, 2.05) is 69.3 Å². The van der Waals surface area contributed by atoms with E-state index in [1.54, 1.807) is 18.2 Å². The summed E-state index contributed by atoms with van der Waals surface area (Å²) in [6, 6.07) is 23.8. The number of ether oxygens (including phenoxy) is 1. The van der Waals surface area contributed by atoms with E-state index < -0.39 is 13.9 Å². The van der Waals surface area contributed by atoms with Gasteiger partial charge in [0.1, 0.15) is 11.4 Å². The lowest BCUT2D eigenvalue weighted by Gasteiger charge is -2.41. The number of rotatable bonds is 10. The average Bonchev–Trinajstić information content (AvgIpc) is 3.37. The van der Waals surface area contributed by atoms with Gasteiger partial charge in [-0.05, 0) is 67.1 Å². The Labute approximate surface area is 223 Å². The van der Waals surface area contributed by atoms with E-state index in [0.717, 1.165) is 35.4 Å². The lowest BCUT2D eigenvalue weighted by atomic mass is 9.91. The van der Waals surface area contributed by atoms with E-state index in [1.165, 1.54) is 0 Å². The Morgan fingerprint density at radius 1 is 0.946 bits per heavy atom. The number of hydrogen-bond acceptors (Lipinski definition) is 4. The highest BCUT2D eigenvalue weighted by molar-refractivity contribution is 6.98. The molecule has 2 aromatic carbocycles. The SMILES string of the molecule is CC(CCCC(C)(C)[Si](O)(c1ccccc1)c1ccccc1)[C@@H](c1ccco1)N(C)C(=O)OC(C)(C)C. The highest BCUT2D eigenvalue weighted by Gasteiger charge is 2.49. The van der Waals surface area contributed by atoms with E-state index >= 15 is 0 Å². The topological polar surface area (TPSA) is 62.9 Å². The number of furan rings is 1. The van der Waals surface area contributed by atoms with Gasteiger partial charge in [-0.1, -0.05) is 87.9 Å². The van der Waals surface area contributed by atoms with Crippen molar-refractivity contribution in [3.63, 3.8) is 0 Å². The molecule has 0 bridgehead atoms. The zero-order valence-corrected chi connectivity index (χ0v) is 24.4. The molecule has 3 rings (SSSR count). The summed E-state index contributed by atoms with van der Waals surface area (Å²) >= 11 is 0. The van der Waals surface area contributed by atoms with Crippen molar-refractivity contribution in [1.82, 2.24) is 4.90 Å². The van der Waals surface area contributed by atoms with Gasteiger partial charge in [-0.3, -0.25) is 0 Å². The number of amides is 1. The van der Waals surface area contributed by atoms with Gasteiger partial charge in [-0.2, -0.15) is 0 Å². The Hall–Kier alpha value is -2.83. The molecule has 1 aromatic heterocycles. The van der Waals surface area contributed by atoms with Crippen LogP contribution in [0.25, 0.3) is 0 Å². The van der Waals surface area contributed by atoms with Crippen molar-refractivity contribution in [1.29, 1.82) is 0 Å². The fraction of sp³-hybridized carbons (Fsp3) is 0.452. The van der Waals surface area contributed by atoms with Crippen molar-refractivity contribution in [2.75, 3.05) is 7.05 Å². The van der Waals surface area contributed by atoms with Crippen LogP contribution in [0.1, 0.15) is 72.6 Å². The number of nitrogens with zero attached hydrogens (tertiary/aromatic N) is 1. The molecular formula is C31H43NO4Si. The van der Waals surface area contributed by atoms with Gasteiger partial charge in [0, 0.05) is 7.05 Å². The molecule has 2 atom stereocenters. The van der Waals surface area contributed by atoms with E-state index in [2.05, 4.69) is 45.0 Å². The van der Waals surface area contributed by atoms with Crippen LogP contribution in [0.15, 0.2) is 83.5 Å². The smallest absolute Gasteiger partial charge is 0.410 e. The average molecular weight is 522 g/mol. The molecule has 0 spiro atoms. The molecule has 0 saturated heterocycles. The number of benzene rings is 2. The summed E-state index contributed by atoms with van der Waals surface area (Å²) in [5, 5.41) is 1.74. The van der Waals surface area contributed by atoms with Crippen molar-refractivity contribution >= 4 is 24.8 Å². The maximum absolute atomic E-state index is 12.9. The molecule has 0 radical (unpaired) electrons. The first-order chi connectivity index (χ1) is 17.4. The molecule has 0 fully saturated rings. The summed E-state index contributed by atoms with van der Waals surface area (Å²) in [6.45, 7) is 12.2. The molecule has 200 valence electrons. The van der Waals surface area contributed by atoms with Crippen LogP contribution in [0, 0.1) is 5.92 Å². The molecule has 1 unspecified atom stereocenters. The molecule has 6 heteroatoms. The van der Waals surface area contributed by atoms with Gasteiger partial charge in [0.05, 0.1) is 12.3 Å². The third-order valence-corrected chi connectivity index (χ3v) is 11.8. The van der Waals surface area contributed by atoms with Crippen molar-refractivity contribution in [3.05, 3.63) is 84.8 Å². The number of carbonyl (C=O) groups excluding carboxylic acids is 1. The molecule has 1 N–H and O–H groups in total. The van der Waals surface area contributed by atoms with Gasteiger partial charge in [0.15, 0.2) is 0 Å². The second kappa shape index (κ2) is 11.7. The highest BCUT2D eigenvalue weighted by Crippen LogP contribution is 2.42. The van der Waals surface area contributed by atoms with Crippen LogP contribution in [0.4, 0.5) is 4.79 Å². The minimum atomic E-state index is -3.05. The highest BCUT2D eigenvalue weighted by atomic mass is 28.4. The van der Waals surface area contributed by atoms with Crippen LogP contribution in [0.5, 0.6) is 0 Å². The molecule has 0 aliphatic carbocycles. The first-order valence-electron chi connectivity index (χ1n) is 13.2. The molecule has 37 heavy (non-hydrogen) atoms. The largest absolute Gasteiger partial charge is 0.467 e. The van der Waals surface area contributed by atoms with E-state index in [-0.39, 0.29) is 23.1 Å². The molecule has 0 aliphatic rings. The molecular weight excluding hydrogens is 478 g/mol. The van der Waals surface area contributed by atoms with E-state index in [4.69, 9.17) is 9.15 Å². The molecule has 1 heterocycles. The van der Waals surface area contributed by atoms with Crippen LogP contribution in [0.2, 0.25) is 5.04 Å². The second-order valence-corrected chi connectivity index (χ2v) is 15.7. The predicted molar refractivity (Wildman–Crippen MR) is 153 cm³/mol. The third kappa shape index (κ3) is 6.73. The Morgan fingerprint density at radius 2 is 1.49 bits per heavy atom. The first kappa shape index (κ1) is 28.7. The Balaban J connectivity index is 1.79. The van der Waals surface area contributed by atoms with E-state index in [0.29, 0.717) is 0 Å². The fourth-order valence-corrected chi connectivity index (χ4v) is 9.06. The quantitative estimate of drug-likeness (QED) is 0.308. The van der Waals surface area contributed by atoms with Gasteiger partial charge in [0.2, 0.25) is 0 Å². The van der Waals surface area contributed by atoms with Gasteiger partial charge in [-0.25, -0.2) is 4.79 Å². The Bertz CT molecular complexity index is 1070. The normalized spacial score (nSPS) is 14.2. The lowest BCUT2D eigenvalue weighted by molar-refractivity contribution is 0.0135. The van der Waals surface area contributed by atoms with Crippen molar-refractivity contribution in [2.45, 2.75) is 77.5 Å². The van der Waals surface area contributed by atoms with Crippen LogP contribution >= 0.6 is 0 Å². The van der Waals surface area contributed by atoms with Crippen molar-refractivity contribution < 1.29 is 18.7 Å². The summed E-state index contributed by atoms with van der Waals surface area (Å²) in [5.41, 5.74) is -0.573. The van der Waals surface area contributed by atoms with Crippen LogP contribution in [-0.2, 0) is 4.74 Å². The number of hydrogen-bond donors (Lipinski definition) is 1. The van der Waals surface area contributed by atoms with Gasteiger partial charge < -0.3 is 18.8 Å². The van der Waals surface area contributed by atoms with Crippen LogP contribution < -0.4 is 10.4 Å². The minimum Gasteiger partial charge on any atom is -0.467 e. The third-order valence-electron chi connectivity index (χ3n) is 7.30. The monoisotopic (exact) mass is 521 g/mol. The number of carbonyl (C=O) groups is 1. The summed E-state index contributed by atoms with van der Waals surface area (Å²) in [5.74, 6) is 0.877. The van der Waals surface area contributed by atoms with Crippen molar-refractivity contribution in [3.8, 4) is 0 Å². The maximum atomic E-state index is 12.9.